The molecule has 5 nitrogen and oxygen atoms in total. The van der Waals surface area contributed by atoms with Crippen LogP contribution in [0.3, 0.4) is 0 Å². The van der Waals surface area contributed by atoms with E-state index in [0.717, 1.165) is 44.8 Å². The molecule has 2 saturated heterocycles. The number of terminal acetylenes is 1. The largest absolute Gasteiger partial charge is 0.359 e. The second-order valence-electron chi connectivity index (χ2n) is 7.53. The number of hydrogen-bond donors (Lipinski definition) is 1. The molecule has 1 N–H and O–H groups in total. The maximum atomic E-state index is 11.5. The van der Waals surface area contributed by atoms with Gasteiger partial charge >= 0.3 is 0 Å². The molecule has 2 aliphatic heterocycles. The van der Waals surface area contributed by atoms with E-state index >= 15 is 0 Å². The molecule has 0 radical (unpaired) electrons. The molecule has 0 aliphatic carbocycles. The molecular formula is C22H39N3O2. The zero-order valence-corrected chi connectivity index (χ0v) is 17.7. The lowest BCUT2D eigenvalue weighted by Crippen LogP contribution is -2.48. The van der Waals surface area contributed by atoms with Crippen LogP contribution in [0.1, 0.15) is 59.3 Å². The van der Waals surface area contributed by atoms with Gasteiger partial charge in [0.25, 0.3) is 0 Å². The van der Waals surface area contributed by atoms with Crippen molar-refractivity contribution in [1.29, 1.82) is 0 Å². The van der Waals surface area contributed by atoms with Crippen LogP contribution in [0.5, 0.6) is 0 Å². The molecule has 2 aliphatic rings. The maximum absolute atomic E-state index is 11.5. The molecule has 2 fully saturated rings. The predicted octanol–water partition coefficient (Wildman–Crippen LogP) is 2.55. The summed E-state index contributed by atoms with van der Waals surface area (Å²) in [5.41, 5.74) is 0. The number of piperidine rings is 2. The van der Waals surface area contributed by atoms with Crippen molar-refractivity contribution in [2.45, 2.75) is 71.4 Å². The standard InChI is InChI=1S/C20H33N3O2.C2H6/c1-4-16(2)22-12-9-17(10-13-22)18-6-5-11-23(14-18)19(15-24)7-8-20(25)21-3;1-2/h1,15-19H,5-14H2,2-3H3,(H,21,25);1-2H3. The average Bonchev–Trinajstić information content (AvgIpc) is 2.75. The van der Waals surface area contributed by atoms with E-state index in [2.05, 4.69) is 28.0 Å². The van der Waals surface area contributed by atoms with Crippen LogP contribution < -0.4 is 5.32 Å². The fourth-order valence-electron chi connectivity index (χ4n) is 4.35. The first-order chi connectivity index (χ1) is 13.1. The minimum Gasteiger partial charge on any atom is -0.359 e. The summed E-state index contributed by atoms with van der Waals surface area (Å²) >= 11 is 0. The first-order valence-electron chi connectivity index (χ1n) is 10.7. The summed E-state index contributed by atoms with van der Waals surface area (Å²) in [5, 5.41) is 2.63. The highest BCUT2D eigenvalue weighted by atomic mass is 16.1. The summed E-state index contributed by atoms with van der Waals surface area (Å²) in [4.78, 5) is 27.7. The van der Waals surface area contributed by atoms with Crippen molar-refractivity contribution in [2.24, 2.45) is 11.8 Å². The van der Waals surface area contributed by atoms with Crippen molar-refractivity contribution in [3.05, 3.63) is 0 Å². The molecule has 2 rings (SSSR count). The Hall–Kier alpha value is -1.38. The summed E-state index contributed by atoms with van der Waals surface area (Å²) in [5.74, 6) is 4.24. The number of hydrogen-bond acceptors (Lipinski definition) is 4. The van der Waals surface area contributed by atoms with E-state index in [9.17, 15) is 9.59 Å². The molecule has 0 aromatic carbocycles. The lowest BCUT2D eigenvalue weighted by molar-refractivity contribution is -0.121. The van der Waals surface area contributed by atoms with E-state index < -0.39 is 0 Å². The Morgan fingerprint density at radius 1 is 1.19 bits per heavy atom. The Balaban J connectivity index is 0.00000176. The van der Waals surface area contributed by atoms with E-state index in [4.69, 9.17) is 6.42 Å². The van der Waals surface area contributed by atoms with Crippen LogP contribution in [0.25, 0.3) is 0 Å². The number of amides is 1. The highest BCUT2D eigenvalue weighted by Crippen LogP contribution is 2.32. The Kier molecular flexibility index (Phi) is 11.3. The van der Waals surface area contributed by atoms with Gasteiger partial charge in [0, 0.05) is 20.0 Å². The third kappa shape index (κ3) is 7.27. The monoisotopic (exact) mass is 377 g/mol. The highest BCUT2D eigenvalue weighted by Gasteiger charge is 2.33. The normalized spacial score (nSPS) is 24.0. The second-order valence-corrected chi connectivity index (χ2v) is 7.53. The van der Waals surface area contributed by atoms with Gasteiger partial charge in [-0.2, -0.15) is 0 Å². The molecule has 1 amide bonds. The molecule has 2 heterocycles. The molecular weight excluding hydrogens is 338 g/mol. The van der Waals surface area contributed by atoms with E-state index in [1.165, 1.54) is 19.3 Å². The van der Waals surface area contributed by atoms with Crippen LogP contribution in [0.4, 0.5) is 0 Å². The van der Waals surface area contributed by atoms with E-state index in [-0.39, 0.29) is 18.0 Å². The molecule has 0 aromatic rings. The number of rotatable bonds is 7. The summed E-state index contributed by atoms with van der Waals surface area (Å²) < 4.78 is 0. The van der Waals surface area contributed by atoms with E-state index in [1.54, 1.807) is 7.05 Å². The van der Waals surface area contributed by atoms with Gasteiger partial charge in [0.1, 0.15) is 6.29 Å². The minimum atomic E-state index is -0.123. The third-order valence-electron chi connectivity index (χ3n) is 6.09. The van der Waals surface area contributed by atoms with Gasteiger partial charge in [-0.05, 0) is 70.5 Å². The quantitative estimate of drug-likeness (QED) is 0.547. The Bertz CT molecular complexity index is 480. The molecule has 0 aromatic heterocycles. The van der Waals surface area contributed by atoms with Crippen LogP contribution >= 0.6 is 0 Å². The Labute approximate surface area is 166 Å². The predicted molar refractivity (Wildman–Crippen MR) is 111 cm³/mol. The van der Waals surface area contributed by atoms with E-state index in [1.807, 2.05) is 13.8 Å². The van der Waals surface area contributed by atoms with Crippen molar-refractivity contribution in [3.8, 4) is 12.3 Å². The number of carbonyl (C=O) groups is 2. The molecule has 5 heteroatoms. The number of nitrogens with zero attached hydrogens (tertiary/aromatic N) is 2. The SMILES string of the molecule is C#CC(C)N1CCC(C2CCCN(C(C=O)CCC(=O)NC)C2)CC1.CC. The number of likely N-dealkylation sites (tertiary alicyclic amines) is 2. The molecule has 0 spiro atoms. The van der Waals surface area contributed by atoms with Gasteiger partial charge in [-0.3, -0.25) is 14.6 Å². The summed E-state index contributed by atoms with van der Waals surface area (Å²) in [6.45, 7) is 10.2. The van der Waals surface area contributed by atoms with Gasteiger partial charge in [-0.25, -0.2) is 0 Å². The number of aldehydes is 1. The zero-order chi connectivity index (χ0) is 20.2. The zero-order valence-electron chi connectivity index (χ0n) is 17.7. The van der Waals surface area contributed by atoms with Gasteiger partial charge in [-0.1, -0.05) is 19.8 Å². The summed E-state index contributed by atoms with van der Waals surface area (Å²) in [6.07, 6.45) is 12.4. The summed E-state index contributed by atoms with van der Waals surface area (Å²) in [6, 6.07) is 0.106. The molecule has 0 saturated carbocycles. The van der Waals surface area contributed by atoms with Crippen LogP contribution in [0.2, 0.25) is 0 Å². The van der Waals surface area contributed by atoms with Crippen LogP contribution in [-0.2, 0) is 9.59 Å². The molecule has 3 unspecified atom stereocenters. The van der Waals surface area contributed by atoms with Gasteiger partial charge in [0.05, 0.1) is 12.1 Å². The maximum Gasteiger partial charge on any atom is 0.219 e. The smallest absolute Gasteiger partial charge is 0.219 e. The van der Waals surface area contributed by atoms with Crippen molar-refractivity contribution in [1.82, 2.24) is 15.1 Å². The topological polar surface area (TPSA) is 52.7 Å². The fourth-order valence-corrected chi connectivity index (χ4v) is 4.35. The molecule has 27 heavy (non-hydrogen) atoms. The minimum absolute atomic E-state index is 0.00964. The van der Waals surface area contributed by atoms with Crippen LogP contribution in [-0.4, -0.2) is 67.3 Å². The molecule has 0 bridgehead atoms. The Morgan fingerprint density at radius 3 is 2.41 bits per heavy atom. The average molecular weight is 378 g/mol. The first-order valence-corrected chi connectivity index (χ1v) is 10.7. The van der Waals surface area contributed by atoms with Crippen LogP contribution in [0, 0.1) is 24.2 Å². The number of nitrogens with one attached hydrogen (secondary N) is 1. The van der Waals surface area contributed by atoms with Crippen LogP contribution in [0.15, 0.2) is 0 Å². The van der Waals surface area contributed by atoms with Gasteiger partial charge in [0.2, 0.25) is 5.91 Å². The summed E-state index contributed by atoms with van der Waals surface area (Å²) in [7, 11) is 1.64. The van der Waals surface area contributed by atoms with Gasteiger partial charge < -0.3 is 10.1 Å². The molecule has 3 atom stereocenters. The third-order valence-corrected chi connectivity index (χ3v) is 6.09. The lowest BCUT2D eigenvalue weighted by atomic mass is 9.79. The first kappa shape index (κ1) is 23.7. The fraction of sp³-hybridized carbons (Fsp3) is 0.818. The molecule has 154 valence electrons. The van der Waals surface area contributed by atoms with Crippen molar-refractivity contribution < 1.29 is 9.59 Å². The van der Waals surface area contributed by atoms with Crippen molar-refractivity contribution in [2.75, 3.05) is 33.2 Å². The Morgan fingerprint density at radius 2 is 1.85 bits per heavy atom. The van der Waals surface area contributed by atoms with Crippen molar-refractivity contribution in [3.63, 3.8) is 0 Å². The lowest BCUT2D eigenvalue weighted by Gasteiger charge is -2.43. The highest BCUT2D eigenvalue weighted by molar-refractivity contribution is 5.76. The van der Waals surface area contributed by atoms with E-state index in [0.29, 0.717) is 18.8 Å². The van der Waals surface area contributed by atoms with Gasteiger partial charge in [-0.15, -0.1) is 6.42 Å². The van der Waals surface area contributed by atoms with Gasteiger partial charge in [0.15, 0.2) is 0 Å². The number of carbonyl (C=O) groups excluding carboxylic acids is 2. The van der Waals surface area contributed by atoms with Crippen molar-refractivity contribution >= 4 is 12.2 Å². The second kappa shape index (κ2) is 12.9.